The summed E-state index contributed by atoms with van der Waals surface area (Å²) in [7, 11) is 0. The summed E-state index contributed by atoms with van der Waals surface area (Å²) in [4.78, 5) is 19.4. The summed E-state index contributed by atoms with van der Waals surface area (Å²) in [6.45, 7) is 11.8. The predicted octanol–water partition coefficient (Wildman–Crippen LogP) is 3.59. The number of aliphatic hydroxyl groups is 2. The van der Waals surface area contributed by atoms with Gasteiger partial charge in [0.25, 0.3) is 0 Å². The number of nitrogens with two attached hydrogens (primary N) is 1. The van der Waals surface area contributed by atoms with E-state index in [1.54, 1.807) is 4.90 Å². The van der Waals surface area contributed by atoms with Crippen molar-refractivity contribution in [2.24, 2.45) is 10.7 Å². The van der Waals surface area contributed by atoms with Crippen LogP contribution in [0.15, 0.2) is 47.5 Å². The van der Waals surface area contributed by atoms with Gasteiger partial charge in [0.2, 0.25) is 5.91 Å². The molecule has 0 spiro atoms. The molecule has 2 aromatic carbocycles. The van der Waals surface area contributed by atoms with E-state index in [1.165, 1.54) is 0 Å². The highest BCUT2D eigenvalue weighted by Gasteiger charge is 2.46. The van der Waals surface area contributed by atoms with Gasteiger partial charge in [-0.05, 0) is 68.4 Å². The largest absolute Gasteiger partial charge is 0.485 e. The molecule has 1 aliphatic carbocycles. The number of rotatable bonds is 4. The number of carbonyl (C=O) groups excluding carboxylic acids is 1. The van der Waals surface area contributed by atoms with Crippen molar-refractivity contribution < 1.29 is 19.7 Å². The van der Waals surface area contributed by atoms with Crippen LogP contribution in [0.5, 0.6) is 5.75 Å². The standard InChI is InChI=1S/C29H38N4O4/c1-27(2)14-20(33-22(34)15-28(3,4)32-26(33)30)18-13-16(11-12-19(18)27)25(36)31-23-17-9-7-8-10-21(17)37-29(5,6)24(23)35/h7-13,20,23-25,31,35-36H,14-15H2,1-6H3,(H2,30,32)/t20-,23-,24+,25?/m1/s1. The second-order valence-corrected chi connectivity index (χ2v) is 12.4. The van der Waals surface area contributed by atoms with Crippen LogP contribution >= 0.6 is 0 Å². The minimum absolute atomic E-state index is 0.0422. The molecule has 8 nitrogen and oxygen atoms in total. The Morgan fingerprint density at radius 3 is 2.51 bits per heavy atom. The molecule has 0 fully saturated rings. The first-order chi connectivity index (χ1) is 17.2. The summed E-state index contributed by atoms with van der Waals surface area (Å²) in [6.07, 6.45) is -0.944. The van der Waals surface area contributed by atoms with E-state index in [-0.39, 0.29) is 23.3 Å². The van der Waals surface area contributed by atoms with Crippen molar-refractivity contribution in [3.8, 4) is 5.75 Å². The Morgan fingerprint density at radius 2 is 1.81 bits per heavy atom. The molecule has 0 saturated carbocycles. The number of para-hydroxylation sites is 1. The minimum Gasteiger partial charge on any atom is -0.485 e. The highest BCUT2D eigenvalue weighted by molar-refractivity contribution is 5.99. The second-order valence-electron chi connectivity index (χ2n) is 12.4. The average molecular weight is 507 g/mol. The van der Waals surface area contributed by atoms with Gasteiger partial charge in [0.05, 0.1) is 24.0 Å². The quantitative estimate of drug-likeness (QED) is 0.471. The normalized spacial score (nSPS) is 28.1. The fraction of sp³-hybridized carbons (Fsp3) is 0.517. The van der Waals surface area contributed by atoms with E-state index in [4.69, 9.17) is 10.5 Å². The molecule has 37 heavy (non-hydrogen) atoms. The van der Waals surface area contributed by atoms with Gasteiger partial charge in [-0.15, -0.1) is 0 Å². The molecule has 5 N–H and O–H groups in total. The third kappa shape index (κ3) is 4.41. The zero-order chi connectivity index (χ0) is 26.9. The fourth-order valence-electron chi connectivity index (χ4n) is 6.09. The Hall–Kier alpha value is -2.94. The number of nitrogens with zero attached hydrogens (tertiary/aromatic N) is 2. The monoisotopic (exact) mass is 506 g/mol. The summed E-state index contributed by atoms with van der Waals surface area (Å²) in [5.74, 6) is 0.877. The van der Waals surface area contributed by atoms with Gasteiger partial charge < -0.3 is 20.7 Å². The summed E-state index contributed by atoms with van der Waals surface area (Å²) < 4.78 is 6.02. The topological polar surface area (TPSA) is 120 Å². The zero-order valence-electron chi connectivity index (χ0n) is 22.4. The van der Waals surface area contributed by atoms with Crippen LogP contribution in [-0.2, 0) is 10.2 Å². The number of benzene rings is 2. The molecule has 8 heteroatoms. The van der Waals surface area contributed by atoms with E-state index >= 15 is 0 Å². The van der Waals surface area contributed by atoms with Crippen molar-refractivity contribution in [1.82, 2.24) is 10.2 Å². The van der Waals surface area contributed by atoms with Crippen LogP contribution in [0.3, 0.4) is 0 Å². The highest BCUT2D eigenvalue weighted by Crippen LogP contribution is 2.49. The number of nitrogens with one attached hydrogen (secondary N) is 1. The van der Waals surface area contributed by atoms with Gasteiger partial charge in [0, 0.05) is 5.56 Å². The molecular formula is C29H38N4O4. The number of guanidine groups is 1. The number of amides is 1. The highest BCUT2D eigenvalue weighted by atomic mass is 16.5. The fourth-order valence-corrected chi connectivity index (χ4v) is 6.09. The van der Waals surface area contributed by atoms with Crippen LogP contribution in [0.2, 0.25) is 0 Å². The lowest BCUT2D eigenvalue weighted by molar-refractivity contribution is -0.131. The minimum atomic E-state index is -1.06. The molecule has 5 rings (SSSR count). The lowest BCUT2D eigenvalue weighted by atomic mass is 9.85. The molecule has 2 aliphatic heterocycles. The second kappa shape index (κ2) is 8.55. The molecule has 1 unspecified atom stereocenters. The van der Waals surface area contributed by atoms with Crippen molar-refractivity contribution >= 4 is 11.9 Å². The molecule has 4 atom stereocenters. The van der Waals surface area contributed by atoms with Crippen molar-refractivity contribution in [2.45, 2.75) is 95.4 Å². The van der Waals surface area contributed by atoms with E-state index in [0.717, 1.165) is 16.7 Å². The molecule has 0 saturated heterocycles. The van der Waals surface area contributed by atoms with Crippen LogP contribution in [0.4, 0.5) is 0 Å². The summed E-state index contributed by atoms with van der Waals surface area (Å²) in [5.41, 5.74) is 8.32. The van der Waals surface area contributed by atoms with Crippen molar-refractivity contribution in [3.05, 3.63) is 64.7 Å². The maximum atomic E-state index is 13.2. The van der Waals surface area contributed by atoms with Crippen molar-refractivity contribution in [2.75, 3.05) is 0 Å². The Balaban J connectivity index is 1.48. The van der Waals surface area contributed by atoms with E-state index in [2.05, 4.69) is 24.2 Å². The first kappa shape index (κ1) is 25.7. The average Bonchev–Trinajstić information content (AvgIpc) is 3.05. The van der Waals surface area contributed by atoms with Crippen LogP contribution in [0.25, 0.3) is 0 Å². The number of hydrogen-bond acceptors (Lipinski definition) is 7. The first-order valence-corrected chi connectivity index (χ1v) is 12.9. The number of ether oxygens (including phenoxy) is 1. The molecule has 0 aromatic heterocycles. The number of hydrogen-bond donors (Lipinski definition) is 4. The van der Waals surface area contributed by atoms with Gasteiger partial charge in [-0.1, -0.05) is 44.2 Å². The van der Waals surface area contributed by atoms with Crippen LogP contribution in [0.1, 0.15) is 94.9 Å². The summed E-state index contributed by atoms with van der Waals surface area (Å²) in [6, 6.07) is 12.6. The summed E-state index contributed by atoms with van der Waals surface area (Å²) in [5, 5.41) is 25.7. The van der Waals surface area contributed by atoms with Gasteiger partial charge in [-0.3, -0.25) is 15.0 Å². The van der Waals surface area contributed by atoms with Gasteiger partial charge in [0.1, 0.15) is 23.7 Å². The predicted molar refractivity (Wildman–Crippen MR) is 142 cm³/mol. The molecule has 1 amide bonds. The van der Waals surface area contributed by atoms with Crippen LogP contribution < -0.4 is 15.8 Å². The van der Waals surface area contributed by atoms with Crippen LogP contribution in [-0.4, -0.2) is 44.2 Å². The maximum absolute atomic E-state index is 13.2. The van der Waals surface area contributed by atoms with E-state index in [9.17, 15) is 15.0 Å². The maximum Gasteiger partial charge on any atom is 0.232 e. The van der Waals surface area contributed by atoms with E-state index in [1.807, 2.05) is 70.2 Å². The zero-order valence-corrected chi connectivity index (χ0v) is 22.4. The Kier molecular flexibility index (Phi) is 5.94. The van der Waals surface area contributed by atoms with Crippen LogP contribution in [0, 0.1) is 0 Å². The third-order valence-corrected chi connectivity index (χ3v) is 8.00. The molecule has 3 aliphatic rings. The van der Waals surface area contributed by atoms with Gasteiger partial charge in [0.15, 0.2) is 5.96 Å². The lowest BCUT2D eigenvalue weighted by Crippen LogP contribution is -2.53. The Morgan fingerprint density at radius 1 is 1.11 bits per heavy atom. The third-order valence-electron chi connectivity index (χ3n) is 8.00. The van der Waals surface area contributed by atoms with Gasteiger partial charge in [-0.2, -0.15) is 0 Å². The number of fused-ring (bicyclic) bond motifs is 2. The molecular weight excluding hydrogens is 468 g/mol. The smallest absolute Gasteiger partial charge is 0.232 e. The number of carbonyl (C=O) groups is 1. The van der Waals surface area contributed by atoms with Crippen molar-refractivity contribution in [1.29, 1.82) is 0 Å². The molecule has 0 radical (unpaired) electrons. The molecule has 0 bridgehead atoms. The molecule has 2 aromatic rings. The lowest BCUT2D eigenvalue weighted by Gasteiger charge is -2.43. The molecule has 2 heterocycles. The van der Waals surface area contributed by atoms with E-state index in [0.29, 0.717) is 24.2 Å². The Labute approximate surface area is 218 Å². The first-order valence-electron chi connectivity index (χ1n) is 12.9. The van der Waals surface area contributed by atoms with E-state index < -0.39 is 29.5 Å². The number of aliphatic hydroxyl groups excluding tert-OH is 2. The molecule has 198 valence electrons. The number of aliphatic imine (C=N–C) groups is 1. The van der Waals surface area contributed by atoms with Gasteiger partial charge in [-0.25, -0.2) is 4.99 Å². The summed E-state index contributed by atoms with van der Waals surface area (Å²) >= 11 is 0. The van der Waals surface area contributed by atoms with Gasteiger partial charge >= 0.3 is 0 Å². The Bertz CT molecular complexity index is 1270. The van der Waals surface area contributed by atoms with Crippen molar-refractivity contribution in [3.63, 3.8) is 0 Å². The SMILES string of the molecule is CC1(C)CC(=O)N([C@@H]2CC(C)(C)c3ccc(C(O)N[C@@H]4c5ccccc5OC(C)(C)[C@H]4O)cc32)C(N)=N1.